The fraction of sp³-hybridized carbons (Fsp3) is 0.333. The molecule has 1 rings (SSSR count). The lowest BCUT2D eigenvalue weighted by molar-refractivity contribution is 0.799. The first-order valence-electron chi connectivity index (χ1n) is 4.57. The molecular formula is C12H17P. The highest BCUT2D eigenvalue weighted by atomic mass is 31.1. The van der Waals surface area contributed by atoms with Gasteiger partial charge >= 0.3 is 0 Å². The van der Waals surface area contributed by atoms with Crippen molar-refractivity contribution >= 4 is 14.7 Å². The Balaban J connectivity index is 2.51. The molecule has 1 unspecified atom stereocenters. The molecule has 0 spiro atoms. The maximum atomic E-state index is 2.27. The molecule has 0 fully saturated rings. The van der Waals surface area contributed by atoms with Gasteiger partial charge in [0.25, 0.3) is 0 Å². The number of benzene rings is 1. The van der Waals surface area contributed by atoms with Gasteiger partial charge in [-0.3, -0.25) is 0 Å². The molecule has 0 aliphatic rings. The highest BCUT2D eigenvalue weighted by Gasteiger charge is 2.05. The highest BCUT2D eigenvalue weighted by Crippen LogP contribution is 2.31. The molecular weight excluding hydrogens is 175 g/mol. The van der Waals surface area contributed by atoms with Gasteiger partial charge in [0.2, 0.25) is 0 Å². The first-order chi connectivity index (χ1) is 6.08. The quantitative estimate of drug-likeness (QED) is 0.618. The lowest BCUT2D eigenvalue weighted by Crippen LogP contribution is -2.02. The van der Waals surface area contributed by atoms with Gasteiger partial charge in [-0.05, 0) is 10.7 Å². The molecule has 0 saturated heterocycles. The van der Waals surface area contributed by atoms with E-state index in [0.717, 1.165) is 8.58 Å². The van der Waals surface area contributed by atoms with Crippen molar-refractivity contribution in [3.05, 3.63) is 41.7 Å². The molecule has 0 bridgehead atoms. The second kappa shape index (κ2) is 4.58. The van der Waals surface area contributed by atoms with E-state index >= 15 is 0 Å². The maximum absolute atomic E-state index is 2.27. The zero-order valence-corrected chi connectivity index (χ0v) is 9.54. The molecule has 1 aromatic carbocycles. The predicted molar refractivity (Wildman–Crippen MR) is 63.5 cm³/mol. The highest BCUT2D eigenvalue weighted by molar-refractivity contribution is 7.43. The summed E-state index contributed by atoms with van der Waals surface area (Å²) in [5.74, 6) is 2.27. The third-order valence-electron chi connectivity index (χ3n) is 1.59. The SMILES string of the molecule is CC(C)(C)P/C=C/c1ccccc1. The van der Waals surface area contributed by atoms with Crippen molar-refractivity contribution in [3.8, 4) is 0 Å². The normalized spacial score (nSPS) is 13.2. The van der Waals surface area contributed by atoms with Crippen LogP contribution in [-0.4, -0.2) is 5.16 Å². The van der Waals surface area contributed by atoms with Crippen molar-refractivity contribution < 1.29 is 0 Å². The van der Waals surface area contributed by atoms with Gasteiger partial charge in [-0.2, -0.15) is 0 Å². The molecule has 0 N–H and O–H groups in total. The summed E-state index contributed by atoms with van der Waals surface area (Å²) in [6, 6.07) is 10.4. The summed E-state index contributed by atoms with van der Waals surface area (Å²) in [7, 11) is 0.887. The minimum absolute atomic E-state index is 0.422. The minimum Gasteiger partial charge on any atom is -0.0928 e. The lowest BCUT2D eigenvalue weighted by Gasteiger charge is -2.14. The topological polar surface area (TPSA) is 0 Å². The van der Waals surface area contributed by atoms with Crippen LogP contribution < -0.4 is 0 Å². The van der Waals surface area contributed by atoms with Crippen LogP contribution in [0, 0.1) is 0 Å². The molecule has 0 saturated carbocycles. The molecule has 0 heterocycles. The fourth-order valence-corrected chi connectivity index (χ4v) is 1.73. The molecule has 0 aliphatic carbocycles. The van der Waals surface area contributed by atoms with E-state index < -0.39 is 0 Å². The van der Waals surface area contributed by atoms with Gasteiger partial charge in [-0.1, -0.05) is 71.6 Å². The zero-order chi connectivity index (χ0) is 9.73. The van der Waals surface area contributed by atoms with Crippen molar-refractivity contribution in [2.24, 2.45) is 0 Å². The zero-order valence-electron chi connectivity index (χ0n) is 8.54. The van der Waals surface area contributed by atoms with E-state index in [1.165, 1.54) is 5.56 Å². The first-order valence-corrected chi connectivity index (χ1v) is 5.65. The summed E-state index contributed by atoms with van der Waals surface area (Å²) < 4.78 is 0. The van der Waals surface area contributed by atoms with Gasteiger partial charge in [0, 0.05) is 0 Å². The van der Waals surface area contributed by atoms with Crippen molar-refractivity contribution in [1.82, 2.24) is 0 Å². The van der Waals surface area contributed by atoms with Crippen LogP contribution >= 0.6 is 8.58 Å². The second-order valence-electron chi connectivity index (χ2n) is 4.14. The van der Waals surface area contributed by atoms with Crippen molar-refractivity contribution in [1.29, 1.82) is 0 Å². The molecule has 70 valence electrons. The average molecular weight is 192 g/mol. The lowest BCUT2D eigenvalue weighted by atomic mass is 10.2. The summed E-state index contributed by atoms with van der Waals surface area (Å²) in [5.41, 5.74) is 1.29. The molecule has 0 aliphatic heterocycles. The van der Waals surface area contributed by atoms with E-state index in [1.54, 1.807) is 0 Å². The van der Waals surface area contributed by atoms with Crippen molar-refractivity contribution in [3.63, 3.8) is 0 Å². The van der Waals surface area contributed by atoms with E-state index in [0.29, 0.717) is 5.16 Å². The van der Waals surface area contributed by atoms with Gasteiger partial charge < -0.3 is 0 Å². The summed E-state index contributed by atoms with van der Waals surface area (Å²) in [6.45, 7) is 6.79. The van der Waals surface area contributed by atoms with E-state index in [9.17, 15) is 0 Å². The van der Waals surface area contributed by atoms with E-state index in [1.807, 2.05) is 6.07 Å². The predicted octanol–water partition coefficient (Wildman–Crippen LogP) is 4.13. The summed E-state index contributed by atoms with van der Waals surface area (Å²) >= 11 is 0. The summed E-state index contributed by atoms with van der Waals surface area (Å²) in [4.78, 5) is 0. The standard InChI is InChI=1S/C12H17P/c1-12(2,3)13-10-9-11-7-5-4-6-8-11/h4-10,13H,1-3H3/b10-9+. The van der Waals surface area contributed by atoms with Gasteiger partial charge in [0.1, 0.15) is 0 Å². The van der Waals surface area contributed by atoms with Crippen molar-refractivity contribution in [2.45, 2.75) is 25.9 Å². The largest absolute Gasteiger partial charge is 0.0928 e. The van der Waals surface area contributed by atoms with E-state index in [-0.39, 0.29) is 0 Å². The number of hydrogen-bond acceptors (Lipinski definition) is 0. The monoisotopic (exact) mass is 192 g/mol. The molecule has 0 aromatic heterocycles. The Morgan fingerprint density at radius 2 is 1.69 bits per heavy atom. The fourth-order valence-electron chi connectivity index (χ4n) is 0.952. The average Bonchev–Trinajstić information content (AvgIpc) is 2.04. The Morgan fingerprint density at radius 3 is 2.23 bits per heavy atom. The molecule has 1 atom stereocenters. The van der Waals surface area contributed by atoms with Crippen LogP contribution in [0.25, 0.3) is 6.08 Å². The maximum Gasteiger partial charge on any atom is -0.0172 e. The summed E-state index contributed by atoms with van der Waals surface area (Å²) in [5, 5.41) is 0.422. The van der Waals surface area contributed by atoms with Crippen LogP contribution in [0.3, 0.4) is 0 Å². The van der Waals surface area contributed by atoms with E-state index in [4.69, 9.17) is 0 Å². The van der Waals surface area contributed by atoms with Crippen LogP contribution in [-0.2, 0) is 0 Å². The van der Waals surface area contributed by atoms with Gasteiger partial charge in [-0.15, -0.1) is 0 Å². The van der Waals surface area contributed by atoms with Gasteiger partial charge in [0.05, 0.1) is 0 Å². The summed E-state index contributed by atoms with van der Waals surface area (Å²) in [6.07, 6.45) is 2.20. The molecule has 1 heteroatoms. The van der Waals surface area contributed by atoms with Crippen LogP contribution in [0.15, 0.2) is 36.1 Å². The Morgan fingerprint density at radius 1 is 1.08 bits per heavy atom. The molecule has 0 amide bonds. The van der Waals surface area contributed by atoms with Crippen LogP contribution in [0.1, 0.15) is 26.3 Å². The molecule has 0 radical (unpaired) electrons. The Bertz CT molecular complexity index is 267. The molecule has 13 heavy (non-hydrogen) atoms. The second-order valence-corrected chi connectivity index (χ2v) is 6.26. The van der Waals surface area contributed by atoms with Crippen molar-refractivity contribution in [2.75, 3.05) is 0 Å². The van der Waals surface area contributed by atoms with Crippen LogP contribution in [0.4, 0.5) is 0 Å². The van der Waals surface area contributed by atoms with Gasteiger partial charge in [-0.25, -0.2) is 0 Å². The number of rotatable bonds is 2. The minimum atomic E-state index is 0.422. The van der Waals surface area contributed by atoms with Gasteiger partial charge in [0.15, 0.2) is 0 Å². The van der Waals surface area contributed by atoms with Crippen LogP contribution in [0.5, 0.6) is 0 Å². The third kappa shape index (κ3) is 4.85. The molecule has 1 aromatic rings. The third-order valence-corrected chi connectivity index (χ3v) is 2.79. The molecule has 0 nitrogen and oxygen atoms in total. The first kappa shape index (κ1) is 10.5. The Labute approximate surface area is 82.8 Å². The number of hydrogen-bond donors (Lipinski definition) is 0. The Kier molecular flexibility index (Phi) is 3.69. The Hall–Kier alpha value is -0.610. The van der Waals surface area contributed by atoms with Crippen LogP contribution in [0.2, 0.25) is 0 Å². The smallest absolute Gasteiger partial charge is 0.0172 e. The van der Waals surface area contributed by atoms with E-state index in [2.05, 4.69) is 56.9 Å².